The zero-order valence-corrected chi connectivity index (χ0v) is 20.0. The van der Waals surface area contributed by atoms with Crippen molar-refractivity contribution in [2.24, 2.45) is 0 Å². The van der Waals surface area contributed by atoms with Crippen molar-refractivity contribution in [3.63, 3.8) is 0 Å². The molecule has 0 spiro atoms. The predicted molar refractivity (Wildman–Crippen MR) is 134 cm³/mol. The van der Waals surface area contributed by atoms with Crippen molar-refractivity contribution >= 4 is 38.9 Å². The summed E-state index contributed by atoms with van der Waals surface area (Å²) < 4.78 is 32.4. The zero-order valence-electron chi connectivity index (χ0n) is 19.2. The van der Waals surface area contributed by atoms with Crippen LogP contribution in [0.15, 0.2) is 54.0 Å². The molecule has 0 unspecified atom stereocenters. The van der Waals surface area contributed by atoms with Crippen LogP contribution in [-0.4, -0.2) is 39.2 Å². The van der Waals surface area contributed by atoms with Gasteiger partial charge < -0.3 is 9.73 Å². The van der Waals surface area contributed by atoms with Crippen LogP contribution >= 0.6 is 0 Å². The molecular formula is C25H29N3O4S. The Morgan fingerprint density at radius 2 is 1.94 bits per heavy atom. The summed E-state index contributed by atoms with van der Waals surface area (Å²) in [4.78, 5) is 17.4. The highest BCUT2D eigenvalue weighted by Gasteiger charge is 2.27. The fourth-order valence-electron chi connectivity index (χ4n) is 3.63. The lowest BCUT2D eigenvalue weighted by atomic mass is 10.0. The van der Waals surface area contributed by atoms with Gasteiger partial charge in [-0.2, -0.15) is 4.98 Å². The van der Waals surface area contributed by atoms with Gasteiger partial charge in [-0.25, -0.2) is 8.42 Å². The van der Waals surface area contributed by atoms with E-state index in [1.165, 1.54) is 10.4 Å². The summed E-state index contributed by atoms with van der Waals surface area (Å²) in [5.41, 5.74) is 2.91. The molecule has 2 heterocycles. The number of anilines is 1. The molecule has 0 atom stereocenters. The predicted octanol–water partition coefficient (Wildman–Crippen LogP) is 4.79. The van der Waals surface area contributed by atoms with Crippen LogP contribution in [0.25, 0.3) is 28.5 Å². The van der Waals surface area contributed by atoms with E-state index in [9.17, 15) is 13.2 Å². The van der Waals surface area contributed by atoms with E-state index < -0.39 is 10.0 Å². The van der Waals surface area contributed by atoms with Gasteiger partial charge in [0.25, 0.3) is 5.91 Å². The first-order chi connectivity index (χ1) is 15.7. The third-order valence-corrected chi connectivity index (χ3v) is 6.55. The molecule has 1 N–H and O–H groups in total. The molecule has 0 aliphatic rings. The van der Waals surface area contributed by atoms with Crippen LogP contribution in [0.3, 0.4) is 0 Å². The van der Waals surface area contributed by atoms with Gasteiger partial charge in [-0.1, -0.05) is 49.9 Å². The minimum absolute atomic E-state index is 0.182. The first-order valence-corrected chi connectivity index (χ1v) is 12.6. The quantitative estimate of drug-likeness (QED) is 0.342. The number of hydrogen-bond donors (Lipinski definition) is 1. The molecule has 1 aromatic carbocycles. The van der Waals surface area contributed by atoms with Crippen molar-refractivity contribution in [2.75, 3.05) is 24.2 Å². The molecule has 3 aromatic rings. The molecule has 0 fully saturated rings. The number of nitrogens with zero attached hydrogens (tertiary/aromatic N) is 2. The number of carbonyl (C=O) groups is 1. The van der Waals surface area contributed by atoms with E-state index >= 15 is 0 Å². The molecule has 174 valence electrons. The topological polar surface area (TPSA) is 92.5 Å². The number of aryl methyl sites for hydroxylation is 1. The third kappa shape index (κ3) is 5.01. The van der Waals surface area contributed by atoms with Gasteiger partial charge in [0.1, 0.15) is 5.76 Å². The fourth-order valence-corrected chi connectivity index (χ4v) is 4.55. The largest absolute Gasteiger partial charge is 0.437 e. The van der Waals surface area contributed by atoms with Crippen LogP contribution in [0.1, 0.15) is 41.3 Å². The average molecular weight is 468 g/mol. The van der Waals surface area contributed by atoms with Crippen LogP contribution in [-0.2, 0) is 16.4 Å². The Labute approximate surface area is 194 Å². The Morgan fingerprint density at radius 1 is 1.24 bits per heavy atom. The number of nitrogens with one attached hydrogen (secondary N) is 1. The molecule has 2 aromatic heterocycles. The molecule has 0 bridgehead atoms. The minimum atomic E-state index is -3.62. The number of hydrogen-bond acceptors (Lipinski definition) is 5. The Bertz CT molecular complexity index is 1290. The van der Waals surface area contributed by atoms with Gasteiger partial charge in [0.05, 0.1) is 17.2 Å². The van der Waals surface area contributed by atoms with Crippen molar-refractivity contribution in [1.82, 2.24) is 10.3 Å². The maximum absolute atomic E-state index is 12.8. The summed E-state index contributed by atoms with van der Waals surface area (Å²) in [5, 5.41) is 3.15. The number of furan rings is 1. The number of rotatable bonds is 10. The summed E-state index contributed by atoms with van der Waals surface area (Å²) in [6.45, 7) is 9.82. The summed E-state index contributed by atoms with van der Waals surface area (Å²) in [6, 6.07) is 9.46. The SMILES string of the molecule is C=CCCCN(c1nc2oc(-c3ccc(CC)cc3)c(C(=O)NC)c2cc1C=C)S(C)(=O)=O. The molecule has 0 radical (unpaired) electrons. The van der Waals surface area contributed by atoms with Crippen molar-refractivity contribution in [3.8, 4) is 11.3 Å². The van der Waals surface area contributed by atoms with Crippen LogP contribution < -0.4 is 9.62 Å². The van der Waals surface area contributed by atoms with Crippen molar-refractivity contribution in [3.05, 3.63) is 66.3 Å². The van der Waals surface area contributed by atoms with Gasteiger partial charge in [0, 0.05) is 24.7 Å². The number of aromatic nitrogens is 1. The number of amides is 1. The van der Waals surface area contributed by atoms with Crippen LogP contribution in [0, 0.1) is 0 Å². The van der Waals surface area contributed by atoms with E-state index in [0.29, 0.717) is 35.1 Å². The molecule has 0 saturated heterocycles. The highest BCUT2D eigenvalue weighted by molar-refractivity contribution is 7.92. The average Bonchev–Trinajstić information content (AvgIpc) is 3.18. The first-order valence-electron chi connectivity index (χ1n) is 10.7. The molecule has 8 heteroatoms. The van der Waals surface area contributed by atoms with E-state index in [1.807, 2.05) is 24.3 Å². The van der Waals surface area contributed by atoms with Gasteiger partial charge in [0.2, 0.25) is 15.7 Å². The zero-order chi connectivity index (χ0) is 24.2. The lowest BCUT2D eigenvalue weighted by Gasteiger charge is -2.22. The van der Waals surface area contributed by atoms with E-state index in [4.69, 9.17) is 4.42 Å². The molecule has 0 saturated carbocycles. The van der Waals surface area contributed by atoms with Crippen LogP contribution in [0.2, 0.25) is 0 Å². The second-order valence-corrected chi connectivity index (χ2v) is 9.57. The van der Waals surface area contributed by atoms with Crippen LogP contribution in [0.5, 0.6) is 0 Å². The highest BCUT2D eigenvalue weighted by atomic mass is 32.2. The van der Waals surface area contributed by atoms with Gasteiger partial charge in [-0.15, -0.1) is 6.58 Å². The summed E-state index contributed by atoms with van der Waals surface area (Å²) >= 11 is 0. The number of allylic oxidation sites excluding steroid dienone is 1. The maximum atomic E-state index is 12.8. The molecule has 0 aliphatic carbocycles. The Morgan fingerprint density at radius 3 is 2.48 bits per heavy atom. The summed E-state index contributed by atoms with van der Waals surface area (Å²) in [5.74, 6) is 0.275. The number of benzene rings is 1. The maximum Gasteiger partial charge on any atom is 0.255 e. The molecule has 3 rings (SSSR count). The number of fused-ring (bicyclic) bond motifs is 1. The fraction of sp³-hybridized carbons (Fsp3) is 0.280. The standard InChI is InChI=1S/C25H29N3O4S/c1-6-9-10-15-28(33(5,30)31)23-18(8-3)16-20-21(24(29)26-4)22(32-25(20)27-23)19-13-11-17(7-2)12-14-19/h6,8,11-14,16H,1,3,7,9-10,15H2,2,4-5H3,(H,26,29). The highest BCUT2D eigenvalue weighted by Crippen LogP contribution is 2.36. The number of unbranched alkanes of at least 4 members (excludes halogenated alkanes) is 1. The second kappa shape index (κ2) is 10.0. The summed E-state index contributed by atoms with van der Waals surface area (Å²) in [6.07, 6.45) is 6.55. The number of pyridine rings is 1. The second-order valence-electron chi connectivity index (χ2n) is 7.66. The lowest BCUT2D eigenvalue weighted by Crippen LogP contribution is -2.32. The van der Waals surface area contributed by atoms with E-state index in [0.717, 1.165) is 23.8 Å². The smallest absolute Gasteiger partial charge is 0.255 e. The Kier molecular flexibility index (Phi) is 7.38. The van der Waals surface area contributed by atoms with Gasteiger partial charge in [-0.05, 0) is 30.9 Å². The van der Waals surface area contributed by atoms with E-state index in [-0.39, 0.29) is 24.0 Å². The first kappa shape index (κ1) is 24.3. The van der Waals surface area contributed by atoms with Crippen molar-refractivity contribution < 1.29 is 17.6 Å². The van der Waals surface area contributed by atoms with Crippen molar-refractivity contribution in [2.45, 2.75) is 26.2 Å². The van der Waals surface area contributed by atoms with Crippen LogP contribution in [0.4, 0.5) is 5.82 Å². The monoisotopic (exact) mass is 467 g/mol. The van der Waals surface area contributed by atoms with Gasteiger partial charge in [0.15, 0.2) is 5.82 Å². The Hall–Kier alpha value is -3.39. The molecular weight excluding hydrogens is 438 g/mol. The number of sulfonamides is 1. The molecule has 33 heavy (non-hydrogen) atoms. The van der Waals surface area contributed by atoms with Crippen molar-refractivity contribution in [1.29, 1.82) is 0 Å². The molecule has 1 amide bonds. The number of carbonyl (C=O) groups excluding carboxylic acids is 1. The lowest BCUT2D eigenvalue weighted by molar-refractivity contribution is 0.0964. The van der Waals surface area contributed by atoms with Gasteiger partial charge in [-0.3, -0.25) is 9.10 Å². The summed E-state index contributed by atoms with van der Waals surface area (Å²) in [7, 11) is -2.07. The van der Waals surface area contributed by atoms with E-state index in [1.54, 1.807) is 19.2 Å². The van der Waals surface area contributed by atoms with E-state index in [2.05, 4.69) is 30.4 Å². The van der Waals surface area contributed by atoms with Gasteiger partial charge >= 0.3 is 0 Å². The normalized spacial score (nSPS) is 11.4. The third-order valence-electron chi connectivity index (χ3n) is 5.40. The minimum Gasteiger partial charge on any atom is -0.437 e. The molecule has 7 nitrogen and oxygen atoms in total. The molecule has 0 aliphatic heterocycles. The Balaban J connectivity index is 2.26.